The molecular formula is C14H18O6. The molecule has 0 bridgehead atoms. The lowest BCUT2D eigenvalue weighted by molar-refractivity contribution is -0.152. The Balaban J connectivity index is 2.93. The van der Waals surface area contributed by atoms with Crippen molar-refractivity contribution in [1.29, 1.82) is 0 Å². The van der Waals surface area contributed by atoms with Crippen LogP contribution >= 0.6 is 0 Å². The molecule has 1 aromatic carbocycles. The molecule has 0 saturated carbocycles. The summed E-state index contributed by atoms with van der Waals surface area (Å²) in [6.07, 6.45) is 0. The lowest BCUT2D eigenvalue weighted by Crippen LogP contribution is -2.32. The lowest BCUT2D eigenvalue weighted by Gasteiger charge is -2.22. The maximum absolute atomic E-state index is 11.6. The van der Waals surface area contributed by atoms with E-state index < -0.39 is 17.4 Å². The van der Waals surface area contributed by atoms with Crippen LogP contribution in [0, 0.1) is 5.41 Å². The van der Waals surface area contributed by atoms with E-state index in [4.69, 9.17) is 14.6 Å². The number of methoxy groups -OCH3 is 2. The number of benzene rings is 1. The maximum Gasteiger partial charge on any atom is 0.335 e. The number of aromatic carboxylic acids is 1. The predicted molar refractivity (Wildman–Crippen MR) is 71.2 cm³/mol. The molecule has 20 heavy (non-hydrogen) atoms. The van der Waals surface area contributed by atoms with Crippen molar-refractivity contribution in [2.75, 3.05) is 20.8 Å². The SMILES string of the molecule is COC(=O)C(C)(C)COc1cc(C(=O)O)ccc1OC. The minimum Gasteiger partial charge on any atom is -0.493 e. The largest absolute Gasteiger partial charge is 0.493 e. The van der Waals surface area contributed by atoms with Gasteiger partial charge in [0.25, 0.3) is 0 Å². The molecule has 0 amide bonds. The minimum atomic E-state index is -1.07. The third-order valence-corrected chi connectivity index (χ3v) is 2.74. The van der Waals surface area contributed by atoms with Gasteiger partial charge in [0.1, 0.15) is 6.61 Å². The molecule has 0 aliphatic heterocycles. The molecule has 1 aromatic rings. The van der Waals surface area contributed by atoms with E-state index in [2.05, 4.69) is 4.74 Å². The predicted octanol–water partition coefficient (Wildman–Crippen LogP) is 1.97. The summed E-state index contributed by atoms with van der Waals surface area (Å²) in [5, 5.41) is 8.96. The van der Waals surface area contributed by atoms with Crippen molar-refractivity contribution in [2.45, 2.75) is 13.8 Å². The molecule has 0 atom stereocenters. The number of carbonyl (C=O) groups excluding carboxylic acids is 1. The van der Waals surface area contributed by atoms with Crippen LogP contribution in [0.25, 0.3) is 0 Å². The summed E-state index contributed by atoms with van der Waals surface area (Å²) in [5.41, 5.74) is -0.768. The zero-order chi connectivity index (χ0) is 15.3. The summed E-state index contributed by atoms with van der Waals surface area (Å²) in [4.78, 5) is 22.5. The topological polar surface area (TPSA) is 82.1 Å². The first-order valence-corrected chi connectivity index (χ1v) is 5.94. The number of hydrogen-bond donors (Lipinski definition) is 1. The van der Waals surface area contributed by atoms with Crippen LogP contribution in [-0.2, 0) is 9.53 Å². The highest BCUT2D eigenvalue weighted by Gasteiger charge is 2.30. The fourth-order valence-electron chi connectivity index (χ4n) is 1.52. The summed E-state index contributed by atoms with van der Waals surface area (Å²) in [6.45, 7) is 3.39. The van der Waals surface area contributed by atoms with Gasteiger partial charge in [-0.25, -0.2) is 4.79 Å². The van der Waals surface area contributed by atoms with Crippen LogP contribution in [-0.4, -0.2) is 37.9 Å². The summed E-state index contributed by atoms with van der Waals surface area (Å²) in [5.74, 6) is -0.810. The number of esters is 1. The Bertz CT molecular complexity index is 506. The lowest BCUT2D eigenvalue weighted by atomic mass is 9.95. The van der Waals surface area contributed by atoms with E-state index >= 15 is 0 Å². The second-order valence-electron chi connectivity index (χ2n) is 4.83. The molecule has 0 aliphatic carbocycles. The summed E-state index contributed by atoms with van der Waals surface area (Å²) >= 11 is 0. The molecular weight excluding hydrogens is 264 g/mol. The molecule has 6 nitrogen and oxygen atoms in total. The Labute approximate surface area is 117 Å². The number of hydrogen-bond acceptors (Lipinski definition) is 5. The van der Waals surface area contributed by atoms with E-state index in [9.17, 15) is 9.59 Å². The van der Waals surface area contributed by atoms with Crippen LogP contribution in [0.2, 0.25) is 0 Å². The Kier molecular flexibility index (Phi) is 4.96. The van der Waals surface area contributed by atoms with Gasteiger partial charge < -0.3 is 19.3 Å². The molecule has 110 valence electrons. The van der Waals surface area contributed by atoms with Crippen molar-refractivity contribution in [2.24, 2.45) is 5.41 Å². The molecule has 0 unspecified atom stereocenters. The van der Waals surface area contributed by atoms with Gasteiger partial charge in [0.05, 0.1) is 25.2 Å². The maximum atomic E-state index is 11.6. The summed E-state index contributed by atoms with van der Waals surface area (Å²) in [6, 6.07) is 4.28. The van der Waals surface area contributed by atoms with Gasteiger partial charge >= 0.3 is 11.9 Å². The van der Waals surface area contributed by atoms with Crippen molar-refractivity contribution in [3.63, 3.8) is 0 Å². The molecule has 0 spiro atoms. The van der Waals surface area contributed by atoms with Crippen molar-refractivity contribution in [1.82, 2.24) is 0 Å². The minimum absolute atomic E-state index is 0.0408. The van der Waals surface area contributed by atoms with Crippen LogP contribution in [0.3, 0.4) is 0 Å². The van der Waals surface area contributed by atoms with Gasteiger partial charge in [-0.3, -0.25) is 4.79 Å². The molecule has 6 heteroatoms. The van der Waals surface area contributed by atoms with Gasteiger partial charge in [-0.2, -0.15) is 0 Å². The van der Waals surface area contributed by atoms with E-state index in [1.165, 1.54) is 32.4 Å². The van der Waals surface area contributed by atoms with Gasteiger partial charge in [0.15, 0.2) is 11.5 Å². The number of rotatable bonds is 6. The quantitative estimate of drug-likeness (QED) is 0.803. The fraction of sp³-hybridized carbons (Fsp3) is 0.429. The highest BCUT2D eigenvalue weighted by atomic mass is 16.5. The summed E-state index contributed by atoms with van der Waals surface area (Å²) < 4.78 is 15.3. The molecule has 1 N–H and O–H groups in total. The normalized spacial score (nSPS) is 10.8. The standard InChI is InChI=1S/C14H18O6/c1-14(2,13(17)19-4)8-20-11-7-9(12(15)16)5-6-10(11)18-3/h5-7H,8H2,1-4H3,(H,15,16). The van der Waals surface area contributed by atoms with Crippen LogP contribution in [0.1, 0.15) is 24.2 Å². The van der Waals surface area contributed by atoms with Crippen LogP contribution in [0.15, 0.2) is 18.2 Å². The van der Waals surface area contributed by atoms with E-state index in [1.807, 2.05) is 0 Å². The number of ether oxygens (including phenoxy) is 3. The average Bonchev–Trinajstić information content (AvgIpc) is 2.43. The highest BCUT2D eigenvalue weighted by Crippen LogP contribution is 2.30. The third-order valence-electron chi connectivity index (χ3n) is 2.74. The van der Waals surface area contributed by atoms with Gasteiger partial charge in [0, 0.05) is 0 Å². The van der Waals surface area contributed by atoms with Crippen molar-refractivity contribution in [3.8, 4) is 11.5 Å². The Hall–Kier alpha value is -2.24. The van der Waals surface area contributed by atoms with E-state index in [-0.39, 0.29) is 17.9 Å². The number of carbonyl (C=O) groups is 2. The van der Waals surface area contributed by atoms with Crippen LogP contribution in [0.4, 0.5) is 0 Å². The smallest absolute Gasteiger partial charge is 0.335 e. The number of carboxylic acid groups (broad SMARTS) is 1. The molecule has 0 radical (unpaired) electrons. The second kappa shape index (κ2) is 6.27. The van der Waals surface area contributed by atoms with Crippen LogP contribution < -0.4 is 9.47 Å². The first kappa shape index (κ1) is 15.8. The van der Waals surface area contributed by atoms with Crippen molar-refractivity contribution in [3.05, 3.63) is 23.8 Å². The highest BCUT2D eigenvalue weighted by molar-refractivity contribution is 5.88. The van der Waals surface area contributed by atoms with Gasteiger partial charge in [0.2, 0.25) is 0 Å². The first-order valence-electron chi connectivity index (χ1n) is 5.94. The first-order chi connectivity index (χ1) is 9.31. The van der Waals surface area contributed by atoms with E-state index in [0.717, 1.165) is 0 Å². The summed E-state index contributed by atoms with van der Waals surface area (Å²) in [7, 11) is 2.75. The Morgan fingerprint density at radius 2 is 1.85 bits per heavy atom. The van der Waals surface area contributed by atoms with E-state index in [1.54, 1.807) is 13.8 Å². The third kappa shape index (κ3) is 3.63. The van der Waals surface area contributed by atoms with Gasteiger partial charge in [-0.15, -0.1) is 0 Å². The fourth-order valence-corrected chi connectivity index (χ4v) is 1.52. The van der Waals surface area contributed by atoms with Gasteiger partial charge in [-0.05, 0) is 32.0 Å². The molecule has 0 saturated heterocycles. The molecule has 0 aliphatic rings. The molecule has 0 fully saturated rings. The van der Waals surface area contributed by atoms with E-state index in [0.29, 0.717) is 5.75 Å². The molecule has 0 aromatic heterocycles. The molecule has 1 rings (SSSR count). The monoisotopic (exact) mass is 282 g/mol. The average molecular weight is 282 g/mol. The molecule has 0 heterocycles. The zero-order valence-corrected chi connectivity index (χ0v) is 11.9. The van der Waals surface area contributed by atoms with Gasteiger partial charge in [-0.1, -0.05) is 0 Å². The zero-order valence-electron chi connectivity index (χ0n) is 11.9. The second-order valence-corrected chi connectivity index (χ2v) is 4.83. The van der Waals surface area contributed by atoms with Crippen molar-refractivity contribution < 1.29 is 28.9 Å². The Morgan fingerprint density at radius 1 is 1.20 bits per heavy atom. The van der Waals surface area contributed by atoms with Crippen LogP contribution in [0.5, 0.6) is 11.5 Å². The van der Waals surface area contributed by atoms with Crippen molar-refractivity contribution >= 4 is 11.9 Å². The Morgan fingerprint density at radius 3 is 2.35 bits per heavy atom. The number of carboxylic acids is 1.